The van der Waals surface area contributed by atoms with Gasteiger partial charge < -0.3 is 0 Å². The number of rotatable bonds is 4. The molecule has 2 rings (SSSR count). The van der Waals surface area contributed by atoms with Crippen LogP contribution in [-0.2, 0) is 9.84 Å². The largest absolute Gasteiger partial charge is 0.293 e. The molecule has 2 aromatic rings. The molecule has 0 N–H and O–H groups in total. The van der Waals surface area contributed by atoms with Crippen LogP contribution in [0.3, 0.4) is 0 Å². The smallest absolute Gasteiger partial charge is 0.185 e. The molecular formula is C15H13IO3S. The number of ketones is 1. The van der Waals surface area contributed by atoms with Gasteiger partial charge in [-0.2, -0.15) is 0 Å². The molecule has 0 aliphatic rings. The van der Waals surface area contributed by atoms with Gasteiger partial charge in [0.2, 0.25) is 0 Å². The molecule has 0 spiro atoms. The fraction of sp³-hybridized carbons (Fsp3) is 0.133. The summed E-state index contributed by atoms with van der Waals surface area (Å²) < 4.78 is 25.3. The standard InChI is InChI=1S/C15H13IO3S/c1-11-2-4-12(5-3-11)15(17)10-20(18,19)14-8-6-13(16)7-9-14/h2-9H,10H2,1H3. The lowest BCUT2D eigenvalue weighted by atomic mass is 10.1. The summed E-state index contributed by atoms with van der Waals surface area (Å²) in [5.41, 5.74) is 1.45. The number of aryl methyl sites for hydroxylation is 1. The van der Waals surface area contributed by atoms with Crippen molar-refractivity contribution in [3.63, 3.8) is 0 Å². The zero-order valence-corrected chi connectivity index (χ0v) is 13.8. The van der Waals surface area contributed by atoms with E-state index in [1.54, 1.807) is 36.4 Å². The second-order valence-electron chi connectivity index (χ2n) is 4.50. The van der Waals surface area contributed by atoms with Gasteiger partial charge in [-0.25, -0.2) is 8.42 Å². The Hall–Kier alpha value is -1.21. The Bertz CT molecular complexity index is 717. The van der Waals surface area contributed by atoms with Gasteiger partial charge >= 0.3 is 0 Å². The highest BCUT2D eigenvalue weighted by atomic mass is 127. The van der Waals surface area contributed by atoms with Crippen molar-refractivity contribution in [2.45, 2.75) is 11.8 Å². The minimum absolute atomic E-state index is 0.179. The Morgan fingerprint density at radius 3 is 2.10 bits per heavy atom. The van der Waals surface area contributed by atoms with Gasteiger partial charge in [-0.1, -0.05) is 29.8 Å². The molecule has 2 aromatic carbocycles. The van der Waals surface area contributed by atoms with Crippen molar-refractivity contribution < 1.29 is 13.2 Å². The highest BCUT2D eigenvalue weighted by Crippen LogP contribution is 2.15. The minimum Gasteiger partial charge on any atom is -0.293 e. The van der Waals surface area contributed by atoms with Crippen molar-refractivity contribution in [1.29, 1.82) is 0 Å². The normalized spacial score (nSPS) is 11.3. The summed E-state index contributed by atoms with van der Waals surface area (Å²) in [5, 5.41) is 0. The van der Waals surface area contributed by atoms with E-state index in [2.05, 4.69) is 22.6 Å². The number of halogens is 1. The van der Waals surface area contributed by atoms with E-state index in [0.717, 1.165) is 9.13 Å². The lowest BCUT2D eigenvalue weighted by molar-refractivity contribution is 0.102. The first-order valence-electron chi connectivity index (χ1n) is 5.97. The second kappa shape index (κ2) is 6.05. The van der Waals surface area contributed by atoms with E-state index in [4.69, 9.17) is 0 Å². The molecule has 0 aliphatic heterocycles. The molecule has 0 amide bonds. The molecule has 0 atom stereocenters. The van der Waals surface area contributed by atoms with Gasteiger partial charge in [-0.05, 0) is 53.8 Å². The number of benzene rings is 2. The highest BCUT2D eigenvalue weighted by Gasteiger charge is 2.20. The number of sulfone groups is 1. The molecule has 0 saturated carbocycles. The molecule has 0 bridgehead atoms. The number of hydrogen-bond donors (Lipinski definition) is 0. The lowest BCUT2D eigenvalue weighted by Gasteiger charge is -2.05. The van der Waals surface area contributed by atoms with Crippen LogP contribution in [0.25, 0.3) is 0 Å². The quantitative estimate of drug-likeness (QED) is 0.585. The van der Waals surface area contributed by atoms with Gasteiger partial charge in [0.05, 0.1) is 4.90 Å². The summed E-state index contributed by atoms with van der Waals surface area (Å²) in [4.78, 5) is 12.2. The van der Waals surface area contributed by atoms with Crippen molar-refractivity contribution in [3.8, 4) is 0 Å². The molecule has 0 aromatic heterocycles. The second-order valence-corrected chi connectivity index (χ2v) is 7.74. The van der Waals surface area contributed by atoms with Crippen molar-refractivity contribution in [1.82, 2.24) is 0 Å². The predicted octanol–water partition coefficient (Wildman–Crippen LogP) is 3.26. The monoisotopic (exact) mass is 400 g/mol. The Balaban J connectivity index is 2.22. The molecule has 104 valence electrons. The van der Waals surface area contributed by atoms with Gasteiger partial charge in [0.25, 0.3) is 0 Å². The van der Waals surface area contributed by atoms with Gasteiger partial charge in [0.15, 0.2) is 15.6 Å². The Morgan fingerprint density at radius 1 is 1.00 bits per heavy atom. The van der Waals surface area contributed by atoms with Crippen LogP contribution in [-0.4, -0.2) is 20.0 Å². The zero-order chi connectivity index (χ0) is 14.8. The first kappa shape index (κ1) is 15.2. The van der Waals surface area contributed by atoms with E-state index in [-0.39, 0.29) is 10.7 Å². The lowest BCUT2D eigenvalue weighted by Crippen LogP contribution is -2.16. The SMILES string of the molecule is Cc1ccc(C(=O)CS(=O)(=O)c2ccc(I)cc2)cc1. The third-order valence-electron chi connectivity index (χ3n) is 2.87. The average molecular weight is 400 g/mol. The first-order chi connectivity index (χ1) is 9.38. The Kier molecular flexibility index (Phi) is 4.59. The van der Waals surface area contributed by atoms with Crippen LogP contribution >= 0.6 is 22.6 Å². The van der Waals surface area contributed by atoms with Crippen molar-refractivity contribution in [2.24, 2.45) is 0 Å². The maximum atomic E-state index is 12.2. The predicted molar refractivity (Wildman–Crippen MR) is 86.7 cm³/mol. The molecule has 5 heteroatoms. The average Bonchev–Trinajstić information content (AvgIpc) is 2.39. The molecular weight excluding hydrogens is 387 g/mol. The van der Waals surface area contributed by atoms with Crippen LogP contribution in [0.15, 0.2) is 53.4 Å². The number of Topliss-reactive ketones (excluding diaryl/α,β-unsaturated/α-hetero) is 1. The van der Waals surface area contributed by atoms with Crippen molar-refractivity contribution in [2.75, 3.05) is 5.75 Å². The molecule has 0 fully saturated rings. The Labute approximate surface area is 132 Å². The summed E-state index contributed by atoms with van der Waals surface area (Å²) in [6, 6.07) is 13.4. The summed E-state index contributed by atoms with van der Waals surface area (Å²) in [6.45, 7) is 1.91. The number of carbonyl (C=O) groups excluding carboxylic acids is 1. The summed E-state index contributed by atoms with van der Waals surface area (Å²) in [7, 11) is -3.59. The summed E-state index contributed by atoms with van der Waals surface area (Å²) >= 11 is 2.10. The number of carbonyl (C=O) groups is 1. The molecule has 3 nitrogen and oxygen atoms in total. The van der Waals surface area contributed by atoms with Crippen LogP contribution in [0.4, 0.5) is 0 Å². The van der Waals surface area contributed by atoms with Crippen LogP contribution in [0.1, 0.15) is 15.9 Å². The summed E-state index contributed by atoms with van der Waals surface area (Å²) in [6.07, 6.45) is 0. The fourth-order valence-corrected chi connectivity index (χ4v) is 3.31. The number of hydrogen-bond acceptors (Lipinski definition) is 3. The molecule has 0 saturated heterocycles. The van der Waals surface area contributed by atoms with Crippen LogP contribution in [0.5, 0.6) is 0 Å². The van der Waals surface area contributed by atoms with Crippen LogP contribution < -0.4 is 0 Å². The molecule has 0 aliphatic carbocycles. The molecule has 0 heterocycles. The molecule has 20 heavy (non-hydrogen) atoms. The Morgan fingerprint density at radius 2 is 1.55 bits per heavy atom. The molecule has 0 radical (unpaired) electrons. The van der Waals surface area contributed by atoms with Crippen LogP contribution in [0.2, 0.25) is 0 Å². The van der Waals surface area contributed by atoms with Crippen LogP contribution in [0, 0.1) is 10.5 Å². The van der Waals surface area contributed by atoms with Gasteiger partial charge in [0.1, 0.15) is 5.75 Å². The van der Waals surface area contributed by atoms with E-state index >= 15 is 0 Å². The van der Waals surface area contributed by atoms with Gasteiger partial charge in [-0.3, -0.25) is 4.79 Å². The zero-order valence-electron chi connectivity index (χ0n) is 10.8. The van der Waals surface area contributed by atoms with E-state index in [0.29, 0.717) is 5.56 Å². The van der Waals surface area contributed by atoms with E-state index in [9.17, 15) is 13.2 Å². The van der Waals surface area contributed by atoms with Gasteiger partial charge in [0, 0.05) is 9.13 Å². The van der Waals surface area contributed by atoms with E-state index in [1.165, 1.54) is 12.1 Å². The van der Waals surface area contributed by atoms with Crippen molar-refractivity contribution >= 4 is 38.2 Å². The summed E-state index contributed by atoms with van der Waals surface area (Å²) in [5.74, 6) is -0.889. The fourth-order valence-electron chi connectivity index (χ4n) is 1.72. The van der Waals surface area contributed by atoms with Gasteiger partial charge in [-0.15, -0.1) is 0 Å². The maximum Gasteiger partial charge on any atom is 0.185 e. The highest BCUT2D eigenvalue weighted by molar-refractivity contribution is 14.1. The van der Waals surface area contributed by atoms with Crippen molar-refractivity contribution in [3.05, 3.63) is 63.2 Å². The van der Waals surface area contributed by atoms with E-state index < -0.39 is 15.6 Å². The van der Waals surface area contributed by atoms with E-state index in [1.807, 2.05) is 6.92 Å². The topological polar surface area (TPSA) is 51.2 Å². The molecule has 0 unspecified atom stereocenters. The third-order valence-corrected chi connectivity index (χ3v) is 5.22. The third kappa shape index (κ3) is 3.67. The first-order valence-corrected chi connectivity index (χ1v) is 8.70. The maximum absolute atomic E-state index is 12.2. The minimum atomic E-state index is -3.59.